The van der Waals surface area contributed by atoms with Gasteiger partial charge < -0.3 is 19.5 Å². The number of ether oxygens (including phenoxy) is 2. The first kappa shape index (κ1) is 21.4. The molecule has 0 spiro atoms. The summed E-state index contributed by atoms with van der Waals surface area (Å²) >= 11 is 0. The number of fused-ring (bicyclic) bond motifs is 1. The third kappa shape index (κ3) is 4.90. The van der Waals surface area contributed by atoms with E-state index in [0.29, 0.717) is 24.3 Å². The van der Waals surface area contributed by atoms with Crippen LogP contribution in [-0.4, -0.2) is 71.0 Å². The molecule has 2 aromatic rings. The number of methoxy groups -OCH3 is 1. The van der Waals surface area contributed by atoms with Gasteiger partial charge in [-0.15, -0.1) is 0 Å². The Hall–Kier alpha value is -1.83. The normalized spacial score (nSPS) is 26.2. The number of hydrogen-bond donors (Lipinski definition) is 1. The molecule has 1 saturated heterocycles. The van der Waals surface area contributed by atoms with Crippen LogP contribution in [0.4, 0.5) is 0 Å². The average Bonchev–Trinajstić information content (AvgIpc) is 3.14. The molecule has 2 fully saturated rings. The van der Waals surface area contributed by atoms with Crippen LogP contribution in [-0.2, 0) is 11.2 Å². The summed E-state index contributed by atoms with van der Waals surface area (Å²) in [7, 11) is 3.84. The predicted octanol–water partition coefficient (Wildman–Crippen LogP) is 2.95. The Labute approximate surface area is 178 Å². The van der Waals surface area contributed by atoms with Crippen molar-refractivity contribution in [2.75, 3.05) is 33.9 Å². The highest BCUT2D eigenvalue weighted by atomic mass is 16.5. The topological polar surface area (TPSA) is 80.6 Å². The third-order valence-corrected chi connectivity index (χ3v) is 6.41. The molecular formula is C23H34N4O3. The Morgan fingerprint density at radius 1 is 1.17 bits per heavy atom. The lowest BCUT2D eigenvalue weighted by Crippen LogP contribution is -2.22. The summed E-state index contributed by atoms with van der Waals surface area (Å²) in [4.78, 5) is 16.6. The Kier molecular flexibility index (Phi) is 6.80. The molecule has 1 aliphatic heterocycles. The summed E-state index contributed by atoms with van der Waals surface area (Å²) < 4.78 is 11.6. The van der Waals surface area contributed by atoms with Crippen molar-refractivity contribution in [1.82, 2.24) is 19.9 Å². The van der Waals surface area contributed by atoms with Gasteiger partial charge in [0.2, 0.25) is 5.88 Å². The fraction of sp³-hybridized carbons (Fsp3) is 0.696. The van der Waals surface area contributed by atoms with E-state index in [1.165, 1.54) is 0 Å². The monoisotopic (exact) mass is 414 g/mol. The second-order valence-corrected chi connectivity index (χ2v) is 9.13. The Bertz CT molecular complexity index is 854. The minimum Gasteiger partial charge on any atom is -0.472 e. The summed E-state index contributed by atoms with van der Waals surface area (Å²) in [5.41, 5.74) is 2.12. The van der Waals surface area contributed by atoms with Crippen LogP contribution in [0.25, 0.3) is 10.9 Å². The van der Waals surface area contributed by atoms with Crippen molar-refractivity contribution in [3.63, 3.8) is 0 Å². The van der Waals surface area contributed by atoms with E-state index in [2.05, 4.69) is 23.9 Å². The van der Waals surface area contributed by atoms with E-state index in [9.17, 15) is 5.11 Å². The van der Waals surface area contributed by atoms with Gasteiger partial charge in [0.15, 0.2) is 0 Å². The number of rotatable bonds is 7. The number of nitrogens with zero attached hydrogens (tertiary/aromatic N) is 4. The molecule has 4 rings (SSSR count). The number of aromatic nitrogens is 3. The quantitative estimate of drug-likeness (QED) is 0.746. The van der Waals surface area contributed by atoms with Gasteiger partial charge in [0.1, 0.15) is 11.9 Å². The molecule has 0 radical (unpaired) electrons. The van der Waals surface area contributed by atoms with Crippen molar-refractivity contribution in [2.45, 2.75) is 63.6 Å². The highest BCUT2D eigenvalue weighted by molar-refractivity contribution is 5.85. The van der Waals surface area contributed by atoms with Gasteiger partial charge in [-0.25, -0.2) is 15.0 Å². The van der Waals surface area contributed by atoms with Crippen molar-refractivity contribution in [3.05, 3.63) is 23.8 Å². The minimum absolute atomic E-state index is 0.155. The first-order valence-corrected chi connectivity index (χ1v) is 11.2. The van der Waals surface area contributed by atoms with Crippen LogP contribution < -0.4 is 4.74 Å². The van der Waals surface area contributed by atoms with Crippen molar-refractivity contribution < 1.29 is 14.6 Å². The molecule has 1 aliphatic carbocycles. The molecule has 30 heavy (non-hydrogen) atoms. The maximum absolute atomic E-state index is 9.93. The molecule has 0 bridgehead atoms. The molecule has 2 aliphatic rings. The standard InChI is InChI=1S/C23H34N4O3/c1-15(14-29-3)10-21-24-12-20-22(26-21)19(16-4-6-17(28)7-5-16)11-25-23(20)30-18-8-9-27(2)13-18/h11-12,15-18,28H,4-10,13-14H2,1-3H3/t15-,16?,17?,18+/m1/s1. The highest BCUT2D eigenvalue weighted by Gasteiger charge is 2.27. The van der Waals surface area contributed by atoms with E-state index < -0.39 is 0 Å². The van der Waals surface area contributed by atoms with E-state index in [1.54, 1.807) is 7.11 Å². The summed E-state index contributed by atoms with van der Waals surface area (Å²) in [6, 6.07) is 0. The zero-order chi connectivity index (χ0) is 21.1. The summed E-state index contributed by atoms with van der Waals surface area (Å²) in [6.07, 6.45) is 9.20. The second kappa shape index (κ2) is 9.54. The van der Waals surface area contributed by atoms with Gasteiger partial charge in [-0.05, 0) is 51.0 Å². The molecule has 0 aromatic carbocycles. The minimum atomic E-state index is -0.178. The van der Waals surface area contributed by atoms with Crippen molar-refractivity contribution >= 4 is 10.9 Å². The van der Waals surface area contributed by atoms with Crippen LogP contribution in [0, 0.1) is 5.92 Å². The van der Waals surface area contributed by atoms with E-state index in [0.717, 1.165) is 73.9 Å². The fourth-order valence-corrected chi connectivity index (χ4v) is 4.74. The van der Waals surface area contributed by atoms with Gasteiger partial charge in [-0.2, -0.15) is 0 Å². The number of pyridine rings is 1. The van der Waals surface area contributed by atoms with Crippen LogP contribution in [0.15, 0.2) is 12.4 Å². The van der Waals surface area contributed by atoms with Gasteiger partial charge in [0.25, 0.3) is 0 Å². The number of likely N-dealkylation sites (N-methyl/N-ethyl adjacent to an activating group) is 1. The summed E-state index contributed by atoms with van der Waals surface area (Å²) in [6.45, 7) is 4.80. The Balaban J connectivity index is 1.67. The molecule has 2 aromatic heterocycles. The lowest BCUT2D eigenvalue weighted by molar-refractivity contribution is 0.122. The molecular weight excluding hydrogens is 380 g/mol. The lowest BCUT2D eigenvalue weighted by atomic mass is 9.82. The molecule has 164 valence electrons. The summed E-state index contributed by atoms with van der Waals surface area (Å²) in [5.74, 6) is 2.20. The zero-order valence-corrected chi connectivity index (χ0v) is 18.4. The van der Waals surface area contributed by atoms with E-state index in [4.69, 9.17) is 19.4 Å². The van der Waals surface area contributed by atoms with Crippen LogP contribution in [0.5, 0.6) is 5.88 Å². The van der Waals surface area contributed by atoms with Gasteiger partial charge >= 0.3 is 0 Å². The number of likely N-dealkylation sites (tertiary alicyclic amines) is 1. The number of aliphatic hydroxyl groups is 1. The van der Waals surface area contributed by atoms with E-state index in [1.807, 2.05) is 12.4 Å². The smallest absolute Gasteiger partial charge is 0.224 e. The molecule has 2 atom stereocenters. The van der Waals surface area contributed by atoms with Gasteiger partial charge in [-0.3, -0.25) is 0 Å². The van der Waals surface area contributed by atoms with Crippen LogP contribution in [0.3, 0.4) is 0 Å². The van der Waals surface area contributed by atoms with Gasteiger partial charge in [0, 0.05) is 51.2 Å². The van der Waals surface area contributed by atoms with Crippen molar-refractivity contribution in [3.8, 4) is 5.88 Å². The number of aliphatic hydroxyl groups excluding tert-OH is 1. The number of hydrogen-bond acceptors (Lipinski definition) is 7. The van der Waals surface area contributed by atoms with Crippen LogP contribution >= 0.6 is 0 Å². The van der Waals surface area contributed by atoms with E-state index >= 15 is 0 Å². The highest BCUT2D eigenvalue weighted by Crippen LogP contribution is 2.37. The molecule has 7 heteroatoms. The van der Waals surface area contributed by atoms with Gasteiger partial charge in [0.05, 0.1) is 17.0 Å². The predicted molar refractivity (Wildman–Crippen MR) is 116 cm³/mol. The molecule has 1 saturated carbocycles. The summed E-state index contributed by atoms with van der Waals surface area (Å²) in [5, 5.41) is 10.8. The fourth-order valence-electron chi connectivity index (χ4n) is 4.74. The SMILES string of the molecule is COC[C@H](C)Cc1ncc2c(O[C@H]3CCN(C)C3)ncc(C3CCC(O)CC3)c2n1. The lowest BCUT2D eigenvalue weighted by Gasteiger charge is -2.26. The van der Waals surface area contributed by atoms with Gasteiger partial charge in [-0.1, -0.05) is 6.92 Å². The Morgan fingerprint density at radius 3 is 2.67 bits per heavy atom. The zero-order valence-electron chi connectivity index (χ0n) is 18.4. The van der Waals surface area contributed by atoms with Crippen molar-refractivity contribution in [2.24, 2.45) is 5.92 Å². The molecule has 0 unspecified atom stereocenters. The third-order valence-electron chi connectivity index (χ3n) is 6.41. The molecule has 3 heterocycles. The van der Waals surface area contributed by atoms with Crippen molar-refractivity contribution in [1.29, 1.82) is 0 Å². The maximum Gasteiger partial charge on any atom is 0.224 e. The molecule has 7 nitrogen and oxygen atoms in total. The first-order valence-electron chi connectivity index (χ1n) is 11.2. The van der Waals surface area contributed by atoms with E-state index in [-0.39, 0.29) is 12.2 Å². The maximum atomic E-state index is 9.93. The largest absolute Gasteiger partial charge is 0.472 e. The molecule has 0 amide bonds. The van der Waals surface area contributed by atoms with Crippen LogP contribution in [0.1, 0.15) is 56.3 Å². The second-order valence-electron chi connectivity index (χ2n) is 9.13. The molecule has 1 N–H and O–H groups in total. The van der Waals surface area contributed by atoms with Crippen LogP contribution in [0.2, 0.25) is 0 Å². The average molecular weight is 415 g/mol. The Morgan fingerprint density at radius 2 is 1.97 bits per heavy atom. The first-order chi connectivity index (χ1) is 14.5.